The lowest BCUT2D eigenvalue weighted by atomic mass is 9.92. The highest BCUT2D eigenvalue weighted by Gasteiger charge is 2.39. The first kappa shape index (κ1) is 26.8. The second-order valence-electron chi connectivity index (χ2n) is 10.6. The zero-order chi connectivity index (χ0) is 26.9. The quantitative estimate of drug-likeness (QED) is 0.290. The molecule has 3 aliphatic heterocycles. The first-order valence-corrected chi connectivity index (χ1v) is 15.6. The molecule has 6 nitrogen and oxygen atoms in total. The molecule has 204 valence electrons. The number of nitrogens with zero attached hydrogens (tertiary/aromatic N) is 3. The van der Waals surface area contributed by atoms with E-state index in [9.17, 15) is 19.5 Å². The molecule has 3 aromatic carbocycles. The number of aliphatic hydroxyl groups excluding tert-OH is 1. The van der Waals surface area contributed by atoms with Crippen molar-refractivity contribution in [1.29, 1.82) is 0 Å². The number of anilines is 2. The molecule has 6 rings (SSSR count). The molecular formula is C29H30F3N3O3Si. The molecule has 3 aliphatic rings. The van der Waals surface area contributed by atoms with E-state index >= 15 is 8.78 Å². The maximum atomic E-state index is 15.9. The smallest absolute Gasteiger partial charge is 0.285 e. The van der Waals surface area contributed by atoms with Gasteiger partial charge < -0.3 is 20.0 Å². The van der Waals surface area contributed by atoms with Crippen LogP contribution in [0.4, 0.5) is 30.2 Å². The van der Waals surface area contributed by atoms with Crippen LogP contribution in [0, 0.1) is 22.4 Å². The fourth-order valence-electron chi connectivity index (χ4n) is 5.81. The monoisotopic (exact) mass is 553 g/mol. The van der Waals surface area contributed by atoms with Gasteiger partial charge in [-0.15, -0.1) is 4.91 Å². The van der Waals surface area contributed by atoms with E-state index in [0.717, 1.165) is 60.8 Å². The number of aliphatic hydroxyl groups is 2. The topological polar surface area (TPSA) is 76.4 Å². The Morgan fingerprint density at radius 1 is 0.821 bits per heavy atom. The van der Waals surface area contributed by atoms with Gasteiger partial charge >= 0.3 is 0 Å². The lowest BCUT2D eigenvalue weighted by molar-refractivity contribution is 0.293. The molecule has 0 aliphatic carbocycles. The first-order chi connectivity index (χ1) is 18.1. The Morgan fingerprint density at radius 3 is 1.69 bits per heavy atom. The molecule has 0 spiro atoms. The van der Waals surface area contributed by atoms with Crippen LogP contribution in [-0.4, -0.2) is 44.5 Å². The van der Waals surface area contributed by atoms with Crippen LogP contribution < -0.4 is 30.6 Å². The van der Waals surface area contributed by atoms with Gasteiger partial charge in [0.15, 0.2) is 23.1 Å². The highest BCUT2D eigenvalue weighted by atomic mass is 28.3. The molecule has 0 radical (unpaired) electrons. The largest absolute Gasteiger partial charge is 0.481 e. The maximum Gasteiger partial charge on any atom is 0.285 e. The Balaban J connectivity index is 0.00000308. The minimum absolute atomic E-state index is 0. The van der Waals surface area contributed by atoms with Crippen LogP contribution >= 0.6 is 0 Å². The van der Waals surface area contributed by atoms with E-state index in [1.54, 1.807) is 0 Å². The molecule has 10 heteroatoms. The molecule has 2 N–H and O–H groups in total. The second-order valence-corrected chi connectivity index (χ2v) is 14.9. The van der Waals surface area contributed by atoms with E-state index in [4.69, 9.17) is 0 Å². The Bertz CT molecular complexity index is 1580. The first-order valence-electron chi connectivity index (χ1n) is 12.6. The number of hydrogen-bond donors (Lipinski definition) is 2. The van der Waals surface area contributed by atoms with Crippen molar-refractivity contribution < 1.29 is 23.4 Å². The maximum absolute atomic E-state index is 15.9. The third kappa shape index (κ3) is 3.83. The molecule has 2 saturated heterocycles. The number of nitroso groups, excluding NO2 is 1. The standard InChI is InChI=1S/C28H26F3N3O3Si.CH4/c1-38(2)19-13-15(33-9-3-10-33)5-7-17(19)21(18-8-6-16(14-20(18)38)34-11-4-12-34)22-23(28(35)36)24(29)26(31)27(32-37)25(22)30;/h5-8,13-14,35-36H,3-4,9-12H2,1-2H3;1H4. The summed E-state index contributed by atoms with van der Waals surface area (Å²) in [7, 11) is -2.43. The summed E-state index contributed by atoms with van der Waals surface area (Å²) in [4.78, 5) is 15.9. The highest BCUT2D eigenvalue weighted by Crippen LogP contribution is 2.34. The number of rotatable bonds is 3. The third-order valence-corrected chi connectivity index (χ3v) is 11.7. The third-order valence-electron chi connectivity index (χ3n) is 8.20. The zero-order valence-electron chi connectivity index (χ0n) is 21.0. The van der Waals surface area contributed by atoms with Crippen molar-refractivity contribution in [2.45, 2.75) is 33.4 Å². The van der Waals surface area contributed by atoms with Gasteiger partial charge in [-0.3, -0.25) is 0 Å². The zero-order valence-corrected chi connectivity index (χ0v) is 22.0. The van der Waals surface area contributed by atoms with Gasteiger partial charge in [0.1, 0.15) is 13.3 Å². The Morgan fingerprint density at radius 2 is 1.31 bits per heavy atom. The van der Waals surface area contributed by atoms with Crippen molar-refractivity contribution in [2.75, 3.05) is 36.0 Å². The summed E-state index contributed by atoms with van der Waals surface area (Å²) in [5.41, 5.74) is 2.04. The minimum atomic E-state index is -2.43. The summed E-state index contributed by atoms with van der Waals surface area (Å²) in [6.07, 6.45) is 2.18. The van der Waals surface area contributed by atoms with E-state index < -0.39 is 47.6 Å². The fraction of sp³-hybridized carbons (Fsp3) is 0.310. The molecule has 0 unspecified atom stereocenters. The van der Waals surface area contributed by atoms with E-state index in [1.807, 2.05) is 24.3 Å². The van der Waals surface area contributed by atoms with Gasteiger partial charge in [-0.2, -0.15) is 0 Å². The summed E-state index contributed by atoms with van der Waals surface area (Å²) in [6.45, 7) is 8.09. The predicted molar refractivity (Wildman–Crippen MR) is 151 cm³/mol. The summed E-state index contributed by atoms with van der Waals surface area (Å²) < 4.78 is 45.6. The molecule has 0 aromatic heterocycles. The molecule has 39 heavy (non-hydrogen) atoms. The Kier molecular flexibility index (Phi) is 6.49. The van der Waals surface area contributed by atoms with Crippen LogP contribution in [0.3, 0.4) is 0 Å². The van der Waals surface area contributed by atoms with Crippen molar-refractivity contribution in [2.24, 2.45) is 5.18 Å². The SMILES string of the molecule is C.C[Si]1(C)c2cc(N3CCC3)ccc2C(=c2c(F)c(N=O)c(F)c(F)c2=C(O)O)c2ccc(N3CCC3)cc21. The molecule has 0 bridgehead atoms. The average Bonchev–Trinajstić information content (AvgIpc) is 2.81. The Labute approximate surface area is 225 Å². The second kappa shape index (κ2) is 9.44. The molecular weight excluding hydrogens is 523 g/mol. The van der Waals surface area contributed by atoms with Gasteiger partial charge in [0, 0.05) is 42.8 Å². The average molecular weight is 554 g/mol. The molecule has 0 atom stereocenters. The highest BCUT2D eigenvalue weighted by molar-refractivity contribution is 7.02. The summed E-state index contributed by atoms with van der Waals surface area (Å²) in [5, 5.41) is 22.7. The van der Waals surface area contributed by atoms with Crippen molar-refractivity contribution in [1.82, 2.24) is 0 Å². The van der Waals surface area contributed by atoms with Gasteiger partial charge in [-0.05, 0) is 69.4 Å². The van der Waals surface area contributed by atoms with Crippen LogP contribution in [0.25, 0.3) is 11.5 Å². The van der Waals surface area contributed by atoms with Crippen LogP contribution in [0.15, 0.2) is 41.6 Å². The summed E-state index contributed by atoms with van der Waals surface area (Å²) >= 11 is 0. The lowest BCUT2D eigenvalue weighted by Gasteiger charge is -2.40. The van der Waals surface area contributed by atoms with E-state index in [-0.39, 0.29) is 13.0 Å². The Hall–Kier alpha value is -3.79. The van der Waals surface area contributed by atoms with Crippen molar-refractivity contribution in [3.63, 3.8) is 0 Å². The molecule has 3 aromatic rings. The van der Waals surface area contributed by atoms with Crippen LogP contribution in [0.2, 0.25) is 13.1 Å². The predicted octanol–water partition coefficient (Wildman–Crippen LogP) is 4.12. The summed E-state index contributed by atoms with van der Waals surface area (Å²) in [6, 6.07) is 11.6. The van der Waals surface area contributed by atoms with E-state index in [2.05, 4.69) is 40.2 Å². The number of benzene rings is 3. The molecule has 0 saturated carbocycles. The van der Waals surface area contributed by atoms with Gasteiger partial charge in [0.05, 0.1) is 0 Å². The number of fused-ring (bicyclic) bond motifs is 2. The minimum Gasteiger partial charge on any atom is -0.481 e. The van der Waals surface area contributed by atoms with Crippen molar-refractivity contribution in [3.8, 4) is 0 Å². The fourth-order valence-corrected chi connectivity index (χ4v) is 8.88. The van der Waals surface area contributed by atoms with Crippen LogP contribution in [0.5, 0.6) is 0 Å². The summed E-state index contributed by atoms with van der Waals surface area (Å²) in [5.74, 6) is -6.64. The molecule has 2 fully saturated rings. The van der Waals surface area contributed by atoms with Gasteiger partial charge in [0.2, 0.25) is 0 Å². The number of halogens is 3. The van der Waals surface area contributed by atoms with Gasteiger partial charge in [-0.1, -0.05) is 32.7 Å². The lowest BCUT2D eigenvalue weighted by Crippen LogP contribution is -2.59. The van der Waals surface area contributed by atoms with Gasteiger partial charge in [-0.25, -0.2) is 13.2 Å². The van der Waals surface area contributed by atoms with Crippen LogP contribution in [-0.2, 0) is 0 Å². The van der Waals surface area contributed by atoms with E-state index in [0.29, 0.717) is 11.1 Å². The molecule has 0 amide bonds. The van der Waals surface area contributed by atoms with Crippen molar-refractivity contribution >= 4 is 47.0 Å². The van der Waals surface area contributed by atoms with E-state index in [1.165, 1.54) is 0 Å². The molecule has 3 heterocycles. The van der Waals surface area contributed by atoms with Crippen LogP contribution in [0.1, 0.15) is 31.4 Å². The van der Waals surface area contributed by atoms with Crippen molar-refractivity contribution in [3.05, 3.63) is 80.3 Å². The number of hydrogen-bond acceptors (Lipinski definition) is 6. The normalized spacial score (nSPS) is 16.9. The van der Waals surface area contributed by atoms with Gasteiger partial charge in [0.25, 0.3) is 5.95 Å².